The van der Waals surface area contributed by atoms with Crippen molar-refractivity contribution in [1.29, 1.82) is 0 Å². The predicted molar refractivity (Wildman–Crippen MR) is 105 cm³/mol. The van der Waals surface area contributed by atoms with Gasteiger partial charge in [-0.25, -0.2) is 4.79 Å². The average Bonchev–Trinajstić information content (AvgIpc) is 2.81. The second-order valence-electron chi connectivity index (χ2n) is 7.69. The van der Waals surface area contributed by atoms with Gasteiger partial charge in [0.25, 0.3) is 0 Å². The minimum absolute atomic E-state index is 0.197. The molecule has 0 spiro atoms. The predicted octanol–water partition coefficient (Wildman–Crippen LogP) is 3.44. The monoisotopic (exact) mass is 368 g/mol. The number of nitrogens with one attached hydrogen (secondary N) is 1. The summed E-state index contributed by atoms with van der Waals surface area (Å²) in [7, 11) is -0.618. The maximum absolute atomic E-state index is 12.3. The van der Waals surface area contributed by atoms with Gasteiger partial charge in [-0.15, -0.1) is 0 Å². The molecule has 0 aliphatic carbocycles. The Morgan fingerprint density at radius 2 is 1.78 bits per heavy atom. The van der Waals surface area contributed by atoms with Crippen LogP contribution in [-0.4, -0.2) is 29.4 Å². The number of rotatable bonds is 4. The molecule has 0 unspecified atom stereocenters. The van der Waals surface area contributed by atoms with Gasteiger partial charge in [-0.3, -0.25) is 10.3 Å². The topological polar surface area (TPSA) is 69.7 Å². The maximum Gasteiger partial charge on any atom is 0.498 e. The van der Waals surface area contributed by atoms with E-state index in [4.69, 9.17) is 14.0 Å². The highest BCUT2D eigenvalue weighted by Crippen LogP contribution is 2.37. The number of hydrogen-bond donors (Lipinski definition) is 1. The molecule has 2 aromatic rings. The summed E-state index contributed by atoms with van der Waals surface area (Å²) in [6.45, 7) is 9.98. The van der Waals surface area contributed by atoms with Crippen LogP contribution < -0.4 is 10.8 Å². The quantitative estimate of drug-likeness (QED) is 0.838. The summed E-state index contributed by atoms with van der Waals surface area (Å²) >= 11 is 0. The second kappa shape index (κ2) is 7.33. The van der Waals surface area contributed by atoms with E-state index in [0.29, 0.717) is 11.2 Å². The van der Waals surface area contributed by atoms with Crippen LogP contribution in [0.25, 0.3) is 0 Å². The zero-order valence-electron chi connectivity index (χ0n) is 16.4. The molecule has 0 bridgehead atoms. The molecule has 0 saturated carbocycles. The summed E-state index contributed by atoms with van der Waals surface area (Å²) in [5.41, 5.74) is 1.97. The van der Waals surface area contributed by atoms with E-state index in [0.717, 1.165) is 11.3 Å². The number of nitrogens with zero attached hydrogens (tertiary/aromatic N) is 1. The van der Waals surface area contributed by atoms with Crippen molar-refractivity contribution >= 4 is 24.4 Å². The fraction of sp³-hybridized carbons (Fsp3) is 0.400. The van der Waals surface area contributed by atoms with Crippen molar-refractivity contribution in [2.24, 2.45) is 0 Å². The highest BCUT2D eigenvalue weighted by atomic mass is 16.7. The normalized spacial score (nSPS) is 17.6. The lowest BCUT2D eigenvalue weighted by atomic mass is 9.79. The zero-order chi connectivity index (χ0) is 19.7. The van der Waals surface area contributed by atoms with Crippen LogP contribution in [0, 0.1) is 6.92 Å². The molecule has 1 fully saturated rings. The molecule has 6 nitrogen and oxygen atoms in total. The molecule has 1 N–H and O–H groups in total. The molecule has 7 heteroatoms. The first-order valence-electron chi connectivity index (χ1n) is 8.98. The van der Waals surface area contributed by atoms with Gasteiger partial charge in [-0.05, 0) is 46.2 Å². The first-order valence-corrected chi connectivity index (χ1v) is 8.98. The van der Waals surface area contributed by atoms with Gasteiger partial charge in [0.1, 0.15) is 6.61 Å². The third-order valence-electron chi connectivity index (χ3n) is 5.03. The maximum atomic E-state index is 12.3. The van der Waals surface area contributed by atoms with Gasteiger partial charge in [0.2, 0.25) is 0 Å². The Hall–Kier alpha value is -2.38. The van der Waals surface area contributed by atoms with Gasteiger partial charge in [0, 0.05) is 23.0 Å². The summed E-state index contributed by atoms with van der Waals surface area (Å²) in [4.78, 5) is 16.6. The Morgan fingerprint density at radius 1 is 1.15 bits per heavy atom. The van der Waals surface area contributed by atoms with Crippen molar-refractivity contribution in [3.8, 4) is 0 Å². The summed E-state index contributed by atoms with van der Waals surface area (Å²) in [5.74, 6) is 0. The van der Waals surface area contributed by atoms with Crippen LogP contribution in [0.1, 0.15) is 39.0 Å². The molecule has 2 heterocycles. The number of benzene rings is 1. The largest absolute Gasteiger partial charge is 0.498 e. The van der Waals surface area contributed by atoms with Crippen LogP contribution in [0.4, 0.5) is 10.5 Å². The molecule has 1 aromatic heterocycles. The summed E-state index contributed by atoms with van der Waals surface area (Å²) in [5, 5.41) is 2.79. The molecule has 1 saturated heterocycles. The minimum atomic E-state index is -0.618. The smallest absolute Gasteiger partial charge is 0.444 e. The average molecular weight is 368 g/mol. The third kappa shape index (κ3) is 4.31. The van der Waals surface area contributed by atoms with Gasteiger partial charge in [-0.1, -0.05) is 30.3 Å². The van der Waals surface area contributed by atoms with Crippen LogP contribution >= 0.6 is 0 Å². The Morgan fingerprint density at radius 3 is 2.41 bits per heavy atom. The standard InChI is InChI=1S/C20H25BN2O4/c1-14-11-17(23-18(24)25-13-15-9-7-6-8-10-15)16(12-22-14)21-26-19(2,3)20(4,5)27-21/h6-12H,13H2,1-5H3,(H,22,23,24). The van der Waals surface area contributed by atoms with Gasteiger partial charge in [-0.2, -0.15) is 0 Å². The summed E-state index contributed by atoms with van der Waals surface area (Å²) in [6, 6.07) is 11.3. The Bertz CT molecular complexity index is 808. The highest BCUT2D eigenvalue weighted by molar-refractivity contribution is 6.64. The van der Waals surface area contributed by atoms with E-state index in [1.165, 1.54) is 0 Å². The van der Waals surface area contributed by atoms with E-state index < -0.39 is 24.4 Å². The number of aromatic nitrogens is 1. The molecular weight excluding hydrogens is 343 g/mol. The lowest BCUT2D eigenvalue weighted by molar-refractivity contribution is 0.00578. The van der Waals surface area contributed by atoms with Crippen molar-refractivity contribution in [1.82, 2.24) is 4.98 Å². The molecule has 3 rings (SSSR count). The van der Waals surface area contributed by atoms with E-state index in [2.05, 4.69) is 10.3 Å². The number of carbonyl (C=O) groups excluding carboxylic acids is 1. The van der Waals surface area contributed by atoms with Crippen LogP contribution in [0.5, 0.6) is 0 Å². The van der Waals surface area contributed by atoms with Crippen molar-refractivity contribution in [2.45, 2.75) is 52.4 Å². The fourth-order valence-corrected chi connectivity index (χ4v) is 2.71. The number of ether oxygens (including phenoxy) is 1. The van der Waals surface area contributed by atoms with Crippen LogP contribution in [0.15, 0.2) is 42.6 Å². The van der Waals surface area contributed by atoms with Crippen molar-refractivity contribution < 1.29 is 18.8 Å². The summed E-state index contributed by atoms with van der Waals surface area (Å²) < 4.78 is 17.5. The molecule has 1 amide bonds. The van der Waals surface area contributed by atoms with Crippen molar-refractivity contribution in [3.05, 3.63) is 53.9 Å². The van der Waals surface area contributed by atoms with Gasteiger partial charge < -0.3 is 14.0 Å². The molecule has 1 aliphatic rings. The van der Waals surface area contributed by atoms with Crippen LogP contribution in [0.2, 0.25) is 0 Å². The van der Waals surface area contributed by atoms with Crippen molar-refractivity contribution in [3.63, 3.8) is 0 Å². The highest BCUT2D eigenvalue weighted by Gasteiger charge is 2.52. The van der Waals surface area contributed by atoms with E-state index in [-0.39, 0.29) is 6.61 Å². The van der Waals surface area contributed by atoms with Gasteiger partial charge >= 0.3 is 13.2 Å². The Balaban J connectivity index is 1.74. The molecule has 27 heavy (non-hydrogen) atoms. The van der Waals surface area contributed by atoms with E-state index >= 15 is 0 Å². The zero-order valence-corrected chi connectivity index (χ0v) is 16.4. The number of amides is 1. The first kappa shape index (κ1) is 19.4. The molecule has 0 radical (unpaired) electrons. The van der Waals surface area contributed by atoms with E-state index in [9.17, 15) is 4.79 Å². The number of carbonyl (C=O) groups is 1. The number of aryl methyl sites for hydroxylation is 1. The van der Waals surface area contributed by atoms with Gasteiger partial charge in [0.05, 0.1) is 11.2 Å². The molecule has 1 aliphatic heterocycles. The third-order valence-corrected chi connectivity index (χ3v) is 5.03. The fourth-order valence-electron chi connectivity index (χ4n) is 2.71. The molecule has 0 atom stereocenters. The number of pyridine rings is 1. The van der Waals surface area contributed by atoms with Crippen LogP contribution in [-0.2, 0) is 20.7 Å². The van der Waals surface area contributed by atoms with Crippen molar-refractivity contribution in [2.75, 3.05) is 5.32 Å². The lowest BCUT2D eigenvalue weighted by Crippen LogP contribution is -2.41. The molecular formula is C20H25BN2O4. The molecule has 142 valence electrons. The van der Waals surface area contributed by atoms with Crippen LogP contribution in [0.3, 0.4) is 0 Å². The number of anilines is 1. The Labute approximate surface area is 160 Å². The lowest BCUT2D eigenvalue weighted by Gasteiger charge is -2.32. The first-order chi connectivity index (χ1) is 12.7. The van der Waals surface area contributed by atoms with E-state index in [1.807, 2.05) is 65.0 Å². The SMILES string of the molecule is Cc1cc(NC(=O)OCc2ccccc2)c(B2OC(C)(C)C(C)(C)O2)cn1. The molecule has 1 aromatic carbocycles. The minimum Gasteiger partial charge on any atom is -0.444 e. The number of hydrogen-bond acceptors (Lipinski definition) is 5. The summed E-state index contributed by atoms with van der Waals surface area (Å²) in [6.07, 6.45) is 1.13. The van der Waals surface area contributed by atoms with E-state index in [1.54, 1.807) is 12.3 Å². The second-order valence-corrected chi connectivity index (χ2v) is 7.69. The van der Waals surface area contributed by atoms with Gasteiger partial charge in [0.15, 0.2) is 0 Å². The Kier molecular flexibility index (Phi) is 5.26.